The van der Waals surface area contributed by atoms with E-state index in [1.807, 2.05) is 23.9 Å². The largest absolute Gasteiger partial charge is 0.329 e. The Bertz CT molecular complexity index is 573. The fraction of sp³-hybridized carbons (Fsp3) is 0.417. The summed E-state index contributed by atoms with van der Waals surface area (Å²) >= 11 is 13.4. The molecule has 92 valence electrons. The average molecular weight is 287 g/mol. The van der Waals surface area contributed by atoms with Crippen LogP contribution in [0.4, 0.5) is 0 Å². The first-order valence-electron chi connectivity index (χ1n) is 5.53. The molecule has 5 heteroatoms. The molecule has 0 aliphatic rings. The first-order chi connectivity index (χ1) is 8.15. The van der Waals surface area contributed by atoms with Crippen molar-refractivity contribution in [2.45, 2.75) is 19.4 Å². The molecule has 0 saturated heterocycles. The predicted octanol–water partition coefficient (Wildman–Crippen LogP) is 4.67. The molecule has 1 N–H and O–H groups in total. The van der Waals surface area contributed by atoms with Crippen LogP contribution < -0.4 is 0 Å². The molecule has 0 fully saturated rings. The number of aromatic nitrogens is 2. The highest BCUT2D eigenvalue weighted by atomic mass is 35.5. The summed E-state index contributed by atoms with van der Waals surface area (Å²) in [6.07, 6.45) is 3.23. The van der Waals surface area contributed by atoms with E-state index in [9.17, 15) is 0 Å². The van der Waals surface area contributed by atoms with Crippen LogP contribution in [-0.4, -0.2) is 21.6 Å². The van der Waals surface area contributed by atoms with Crippen molar-refractivity contribution in [3.8, 4) is 0 Å². The zero-order chi connectivity index (χ0) is 12.4. The number of para-hydroxylation sites is 1. The number of H-pyrrole nitrogens is 1. The first-order valence-corrected chi connectivity index (χ1v) is 7.71. The molecule has 17 heavy (non-hydrogen) atoms. The van der Waals surface area contributed by atoms with Crippen molar-refractivity contribution in [1.82, 2.24) is 9.55 Å². The monoisotopic (exact) mass is 286 g/mol. The van der Waals surface area contributed by atoms with E-state index < -0.39 is 0 Å². The smallest absolute Gasteiger partial charge is 0.178 e. The van der Waals surface area contributed by atoms with E-state index in [2.05, 4.69) is 28.8 Å². The van der Waals surface area contributed by atoms with Crippen molar-refractivity contribution in [2.24, 2.45) is 0 Å². The number of imidazole rings is 1. The van der Waals surface area contributed by atoms with Gasteiger partial charge in [0.2, 0.25) is 0 Å². The molecule has 0 radical (unpaired) electrons. The van der Waals surface area contributed by atoms with Crippen LogP contribution in [0.1, 0.15) is 19.4 Å². The lowest BCUT2D eigenvalue weighted by molar-refractivity contribution is 0.543. The van der Waals surface area contributed by atoms with Crippen molar-refractivity contribution in [2.75, 3.05) is 12.0 Å². The van der Waals surface area contributed by atoms with Crippen LogP contribution in [0.25, 0.3) is 11.0 Å². The maximum atomic E-state index is 6.16. The molecule has 0 aliphatic heterocycles. The van der Waals surface area contributed by atoms with E-state index in [4.69, 9.17) is 23.8 Å². The molecule has 0 aliphatic carbocycles. The van der Waals surface area contributed by atoms with Gasteiger partial charge in [-0.2, -0.15) is 11.8 Å². The van der Waals surface area contributed by atoms with Crippen molar-refractivity contribution in [3.63, 3.8) is 0 Å². The Hall–Kier alpha value is -0.450. The molecule has 0 bridgehead atoms. The Balaban J connectivity index is 2.50. The van der Waals surface area contributed by atoms with Crippen molar-refractivity contribution in [3.05, 3.63) is 28.0 Å². The zero-order valence-corrected chi connectivity index (χ0v) is 12.3. The van der Waals surface area contributed by atoms with Gasteiger partial charge in [0.05, 0.1) is 16.1 Å². The Morgan fingerprint density at radius 1 is 1.53 bits per heavy atom. The van der Waals surface area contributed by atoms with Gasteiger partial charge in [-0.15, -0.1) is 0 Å². The number of hydrogen-bond donors (Lipinski definition) is 1. The van der Waals surface area contributed by atoms with E-state index in [1.165, 1.54) is 0 Å². The number of hydrogen-bond acceptors (Lipinski definition) is 2. The lowest BCUT2D eigenvalue weighted by Crippen LogP contribution is -2.06. The Morgan fingerprint density at radius 2 is 2.29 bits per heavy atom. The van der Waals surface area contributed by atoms with Gasteiger partial charge < -0.3 is 9.55 Å². The van der Waals surface area contributed by atoms with Gasteiger partial charge in [-0.1, -0.05) is 17.7 Å². The minimum atomic E-state index is 0.391. The molecule has 0 saturated carbocycles. The molecule has 1 atom stereocenters. The summed E-state index contributed by atoms with van der Waals surface area (Å²) in [5, 5.41) is 0.726. The summed E-state index contributed by atoms with van der Waals surface area (Å²) in [6, 6.07) is 6.29. The molecule has 1 aromatic carbocycles. The second-order valence-electron chi connectivity index (χ2n) is 4.06. The first kappa shape index (κ1) is 13.0. The minimum absolute atomic E-state index is 0.391. The van der Waals surface area contributed by atoms with Gasteiger partial charge in [-0.25, -0.2) is 0 Å². The van der Waals surface area contributed by atoms with Crippen LogP contribution in [0.5, 0.6) is 0 Å². The summed E-state index contributed by atoms with van der Waals surface area (Å²) in [4.78, 5) is 3.19. The van der Waals surface area contributed by atoms with E-state index in [1.54, 1.807) is 0 Å². The molecule has 1 unspecified atom stereocenters. The number of thioether (sulfide) groups is 1. The van der Waals surface area contributed by atoms with Crippen LogP contribution in [0.15, 0.2) is 18.2 Å². The van der Waals surface area contributed by atoms with E-state index in [0.717, 1.165) is 33.0 Å². The molecule has 1 aromatic heterocycles. The number of nitrogens with one attached hydrogen (secondary N) is 1. The summed E-state index contributed by atoms with van der Waals surface area (Å²) in [5.41, 5.74) is 2.03. The third-order valence-corrected chi connectivity index (χ3v) is 4.14. The fourth-order valence-corrected chi connectivity index (χ4v) is 3.14. The molecule has 2 nitrogen and oxygen atoms in total. The Kier molecular flexibility index (Phi) is 4.17. The molecule has 2 aromatic rings. The normalized spacial score (nSPS) is 13.1. The quantitative estimate of drug-likeness (QED) is 0.825. The number of nitrogens with zero attached hydrogens (tertiary/aromatic N) is 1. The molecule has 0 spiro atoms. The van der Waals surface area contributed by atoms with Gasteiger partial charge in [0.25, 0.3) is 0 Å². The number of fused-ring (bicyclic) bond motifs is 1. The standard InChI is InChI=1S/C12H15ClN2S2/c1-8(6-7-17-2)15-10-5-3-4-9(13)11(10)14-12(15)16/h3-5,8H,6-7H2,1-2H3,(H,14,16). The number of rotatable bonds is 4. The minimum Gasteiger partial charge on any atom is -0.329 e. The van der Waals surface area contributed by atoms with Crippen LogP contribution in [-0.2, 0) is 0 Å². The highest BCUT2D eigenvalue weighted by Crippen LogP contribution is 2.26. The van der Waals surface area contributed by atoms with Gasteiger partial charge in [-0.3, -0.25) is 0 Å². The Labute approximate surface area is 115 Å². The van der Waals surface area contributed by atoms with Crippen molar-refractivity contribution < 1.29 is 0 Å². The second kappa shape index (κ2) is 5.46. The van der Waals surface area contributed by atoms with Gasteiger partial charge in [-0.05, 0) is 49.7 Å². The number of halogens is 1. The second-order valence-corrected chi connectivity index (χ2v) is 5.84. The molecular formula is C12H15ClN2S2. The van der Waals surface area contributed by atoms with Gasteiger partial charge in [0.15, 0.2) is 4.77 Å². The third kappa shape index (κ3) is 2.54. The summed E-state index contributed by atoms with van der Waals surface area (Å²) in [6.45, 7) is 2.19. The fourth-order valence-electron chi connectivity index (χ4n) is 1.97. The topological polar surface area (TPSA) is 20.7 Å². The van der Waals surface area contributed by atoms with Gasteiger partial charge in [0, 0.05) is 6.04 Å². The predicted molar refractivity (Wildman–Crippen MR) is 79.8 cm³/mol. The van der Waals surface area contributed by atoms with Crippen molar-refractivity contribution in [1.29, 1.82) is 0 Å². The summed E-state index contributed by atoms with van der Waals surface area (Å²) in [7, 11) is 0. The van der Waals surface area contributed by atoms with E-state index >= 15 is 0 Å². The third-order valence-electron chi connectivity index (χ3n) is 2.88. The van der Waals surface area contributed by atoms with Crippen LogP contribution in [0.3, 0.4) is 0 Å². The van der Waals surface area contributed by atoms with E-state index in [-0.39, 0.29) is 0 Å². The highest BCUT2D eigenvalue weighted by molar-refractivity contribution is 7.98. The SMILES string of the molecule is CSCCC(C)n1c(=S)[nH]c2c(Cl)cccc21. The van der Waals surface area contributed by atoms with E-state index in [0.29, 0.717) is 6.04 Å². The number of benzene rings is 1. The lowest BCUT2D eigenvalue weighted by atomic mass is 10.2. The average Bonchev–Trinajstić information content (AvgIpc) is 2.64. The Morgan fingerprint density at radius 3 is 3.00 bits per heavy atom. The molecular weight excluding hydrogens is 272 g/mol. The van der Waals surface area contributed by atoms with Gasteiger partial charge in [0.1, 0.15) is 0 Å². The summed E-state index contributed by atoms with van der Waals surface area (Å²) in [5.74, 6) is 1.14. The maximum absolute atomic E-state index is 6.16. The maximum Gasteiger partial charge on any atom is 0.178 e. The molecule has 0 amide bonds. The van der Waals surface area contributed by atoms with Crippen LogP contribution >= 0.6 is 35.6 Å². The number of aromatic amines is 1. The molecule has 1 heterocycles. The van der Waals surface area contributed by atoms with Crippen molar-refractivity contribution >= 4 is 46.6 Å². The lowest BCUT2D eigenvalue weighted by Gasteiger charge is -2.13. The summed E-state index contributed by atoms with van der Waals surface area (Å²) < 4.78 is 2.91. The van der Waals surface area contributed by atoms with Crippen LogP contribution in [0.2, 0.25) is 5.02 Å². The zero-order valence-electron chi connectivity index (χ0n) is 9.87. The highest BCUT2D eigenvalue weighted by Gasteiger charge is 2.12. The van der Waals surface area contributed by atoms with Gasteiger partial charge >= 0.3 is 0 Å². The molecule has 2 rings (SSSR count). The van der Waals surface area contributed by atoms with Crippen LogP contribution in [0, 0.1) is 4.77 Å².